The maximum atomic E-state index is 5.80. The van der Waals surface area contributed by atoms with E-state index in [1.54, 1.807) is 13.3 Å². The van der Waals surface area contributed by atoms with Crippen LogP contribution in [0.5, 0.6) is 5.75 Å². The zero-order chi connectivity index (χ0) is 14.0. The third-order valence-electron chi connectivity index (χ3n) is 2.67. The molecule has 0 aliphatic heterocycles. The van der Waals surface area contributed by atoms with Gasteiger partial charge in [-0.3, -0.25) is 0 Å². The van der Waals surface area contributed by atoms with Gasteiger partial charge in [-0.2, -0.15) is 0 Å². The largest absolute Gasteiger partial charge is 0.497 e. The van der Waals surface area contributed by atoms with Gasteiger partial charge in [0.25, 0.3) is 0 Å². The number of rotatable bonds is 3. The molecule has 0 bridgehead atoms. The molecule has 1 aromatic heterocycles. The average Bonchev–Trinajstić information content (AvgIpc) is 2.39. The number of nitrogens with zero attached hydrogens (tertiary/aromatic N) is 1. The number of halogens is 2. The number of methoxy groups -OCH3 is 1. The van der Waals surface area contributed by atoms with E-state index in [2.05, 4.69) is 42.2 Å². The predicted molar refractivity (Wildman–Crippen MR) is 85.1 cm³/mol. The number of hydrogen-bond donors (Lipinski definition) is 2. The fraction of sp³-hybridized carbons (Fsp3) is 0.154. The van der Waals surface area contributed by atoms with Gasteiger partial charge in [-0.25, -0.2) is 4.98 Å². The Morgan fingerprint density at radius 2 is 2.00 bits per heavy atom. The lowest BCUT2D eigenvalue weighted by atomic mass is 10.2. The van der Waals surface area contributed by atoms with Gasteiger partial charge in [-0.05, 0) is 40.5 Å². The van der Waals surface area contributed by atoms with Crippen molar-refractivity contribution in [1.82, 2.24) is 4.98 Å². The molecule has 2 aromatic rings. The van der Waals surface area contributed by atoms with Crippen molar-refractivity contribution in [2.45, 2.75) is 6.92 Å². The number of ether oxygens (including phenoxy) is 1. The monoisotopic (exact) mass is 385 g/mol. The molecule has 0 unspecified atom stereocenters. The predicted octanol–water partition coefficient (Wildman–Crippen LogP) is 4.25. The molecule has 0 atom stereocenters. The number of benzene rings is 1. The van der Waals surface area contributed by atoms with Crippen LogP contribution < -0.4 is 15.8 Å². The fourth-order valence-electron chi connectivity index (χ4n) is 1.57. The maximum Gasteiger partial charge on any atom is 0.145 e. The van der Waals surface area contributed by atoms with Gasteiger partial charge in [0.15, 0.2) is 0 Å². The number of nitrogen functional groups attached to an aromatic ring is 1. The van der Waals surface area contributed by atoms with Crippen LogP contribution in [0, 0.1) is 6.92 Å². The van der Waals surface area contributed by atoms with Crippen molar-refractivity contribution in [2.75, 3.05) is 18.2 Å². The quantitative estimate of drug-likeness (QED) is 0.827. The van der Waals surface area contributed by atoms with E-state index in [0.29, 0.717) is 11.5 Å². The highest BCUT2D eigenvalue weighted by Gasteiger charge is 2.08. The van der Waals surface area contributed by atoms with Gasteiger partial charge in [-0.15, -0.1) is 0 Å². The van der Waals surface area contributed by atoms with Crippen LogP contribution >= 0.6 is 31.9 Å². The Morgan fingerprint density at radius 1 is 1.26 bits per heavy atom. The Labute approximate surface area is 128 Å². The first kappa shape index (κ1) is 14.1. The summed E-state index contributed by atoms with van der Waals surface area (Å²) >= 11 is 6.93. The van der Waals surface area contributed by atoms with Gasteiger partial charge in [0.2, 0.25) is 0 Å². The lowest BCUT2D eigenvalue weighted by molar-refractivity contribution is 0.415. The summed E-state index contributed by atoms with van der Waals surface area (Å²) in [5, 5.41) is 3.23. The van der Waals surface area contributed by atoms with E-state index >= 15 is 0 Å². The summed E-state index contributed by atoms with van der Waals surface area (Å²) in [7, 11) is 1.63. The van der Waals surface area contributed by atoms with E-state index in [0.717, 1.165) is 25.9 Å². The van der Waals surface area contributed by atoms with Crippen molar-refractivity contribution in [2.24, 2.45) is 0 Å². The van der Waals surface area contributed by atoms with Gasteiger partial charge in [0, 0.05) is 16.2 Å². The minimum absolute atomic E-state index is 0.657. The molecule has 2 rings (SSSR count). The third kappa shape index (κ3) is 3.19. The molecule has 0 fully saturated rings. The van der Waals surface area contributed by atoms with Crippen molar-refractivity contribution in [3.05, 3.63) is 38.9 Å². The molecule has 0 amide bonds. The fourth-order valence-corrected chi connectivity index (χ4v) is 2.47. The number of aromatic nitrogens is 1. The zero-order valence-electron chi connectivity index (χ0n) is 10.5. The summed E-state index contributed by atoms with van der Waals surface area (Å²) in [4.78, 5) is 4.28. The van der Waals surface area contributed by atoms with Crippen LogP contribution in [0.3, 0.4) is 0 Å². The Bertz CT molecular complexity index is 617. The minimum atomic E-state index is 0.657. The molecular formula is C13H13Br2N3O. The molecule has 4 nitrogen and oxygen atoms in total. The van der Waals surface area contributed by atoms with Crippen molar-refractivity contribution in [1.29, 1.82) is 0 Å². The van der Waals surface area contributed by atoms with E-state index in [1.807, 2.05) is 25.1 Å². The second-order valence-electron chi connectivity index (χ2n) is 4.01. The van der Waals surface area contributed by atoms with E-state index in [9.17, 15) is 0 Å². The van der Waals surface area contributed by atoms with Crippen LogP contribution in [0.25, 0.3) is 0 Å². The second kappa shape index (κ2) is 5.79. The lowest BCUT2D eigenvalue weighted by Gasteiger charge is -2.12. The summed E-state index contributed by atoms with van der Waals surface area (Å²) in [5.41, 5.74) is 8.30. The Hall–Kier alpha value is -1.27. The number of pyridine rings is 1. The SMILES string of the molecule is COc1cc(Br)cc(Nc2ncc(N)c(C)c2Br)c1. The molecule has 0 aliphatic carbocycles. The van der Waals surface area contributed by atoms with Crippen LogP contribution in [0.2, 0.25) is 0 Å². The normalized spacial score (nSPS) is 10.3. The summed E-state index contributed by atoms with van der Waals surface area (Å²) in [5.74, 6) is 1.48. The van der Waals surface area contributed by atoms with E-state index in [4.69, 9.17) is 10.5 Å². The molecule has 0 saturated carbocycles. The highest BCUT2D eigenvalue weighted by atomic mass is 79.9. The third-order valence-corrected chi connectivity index (χ3v) is 4.10. The summed E-state index contributed by atoms with van der Waals surface area (Å²) < 4.78 is 7.01. The standard InChI is InChI=1S/C13H13Br2N3O/c1-7-11(16)6-17-13(12(7)15)18-9-3-8(14)4-10(5-9)19-2/h3-6H,16H2,1-2H3,(H,17,18). The Morgan fingerprint density at radius 3 is 2.68 bits per heavy atom. The lowest BCUT2D eigenvalue weighted by Crippen LogP contribution is -1.99. The van der Waals surface area contributed by atoms with Crippen LogP contribution in [-0.4, -0.2) is 12.1 Å². The highest BCUT2D eigenvalue weighted by Crippen LogP contribution is 2.32. The summed E-state index contributed by atoms with van der Waals surface area (Å²) in [6.07, 6.45) is 1.64. The zero-order valence-corrected chi connectivity index (χ0v) is 13.7. The van der Waals surface area contributed by atoms with Gasteiger partial charge in [0.1, 0.15) is 11.6 Å². The smallest absolute Gasteiger partial charge is 0.145 e. The Balaban J connectivity index is 2.36. The van der Waals surface area contributed by atoms with Crippen LogP contribution in [0.15, 0.2) is 33.3 Å². The number of hydrogen-bond acceptors (Lipinski definition) is 4. The average molecular weight is 387 g/mol. The number of nitrogens with two attached hydrogens (primary N) is 1. The van der Waals surface area contributed by atoms with Crippen LogP contribution in [-0.2, 0) is 0 Å². The number of anilines is 3. The van der Waals surface area contributed by atoms with Crippen LogP contribution in [0.1, 0.15) is 5.56 Å². The van der Waals surface area contributed by atoms with Crippen LogP contribution in [0.4, 0.5) is 17.2 Å². The van der Waals surface area contributed by atoms with Gasteiger partial charge in [0.05, 0.1) is 23.5 Å². The first-order valence-corrected chi connectivity index (χ1v) is 7.12. The molecule has 3 N–H and O–H groups in total. The molecule has 0 radical (unpaired) electrons. The first-order valence-electron chi connectivity index (χ1n) is 5.53. The van der Waals surface area contributed by atoms with Crippen molar-refractivity contribution < 1.29 is 4.74 Å². The summed E-state index contributed by atoms with van der Waals surface area (Å²) in [6.45, 7) is 1.94. The summed E-state index contributed by atoms with van der Waals surface area (Å²) in [6, 6.07) is 5.73. The molecule has 0 aliphatic rings. The first-order chi connectivity index (χ1) is 9.01. The van der Waals surface area contributed by atoms with E-state index in [-0.39, 0.29) is 0 Å². The van der Waals surface area contributed by atoms with E-state index in [1.165, 1.54) is 0 Å². The minimum Gasteiger partial charge on any atom is -0.497 e. The molecule has 1 heterocycles. The molecule has 0 spiro atoms. The maximum absolute atomic E-state index is 5.80. The van der Waals surface area contributed by atoms with E-state index < -0.39 is 0 Å². The van der Waals surface area contributed by atoms with Crippen molar-refractivity contribution in [3.8, 4) is 5.75 Å². The molecule has 6 heteroatoms. The molecule has 1 aromatic carbocycles. The van der Waals surface area contributed by atoms with Gasteiger partial charge in [-0.1, -0.05) is 15.9 Å². The molecular weight excluding hydrogens is 374 g/mol. The topological polar surface area (TPSA) is 60.2 Å². The number of nitrogens with one attached hydrogen (secondary N) is 1. The van der Waals surface area contributed by atoms with Gasteiger partial charge >= 0.3 is 0 Å². The molecule has 0 saturated heterocycles. The van der Waals surface area contributed by atoms with Gasteiger partial charge < -0.3 is 15.8 Å². The second-order valence-corrected chi connectivity index (χ2v) is 5.71. The Kier molecular flexibility index (Phi) is 4.31. The molecule has 100 valence electrons. The highest BCUT2D eigenvalue weighted by molar-refractivity contribution is 9.11. The van der Waals surface area contributed by atoms with Crippen molar-refractivity contribution in [3.63, 3.8) is 0 Å². The van der Waals surface area contributed by atoms with Crippen molar-refractivity contribution >= 4 is 49.1 Å². The molecule has 19 heavy (non-hydrogen) atoms.